The molecule has 1 aliphatic carbocycles. The normalized spacial score (nSPS) is 14.2. The van der Waals surface area contributed by atoms with Gasteiger partial charge in [0.15, 0.2) is 5.69 Å². The Morgan fingerprint density at radius 2 is 1.48 bits per heavy atom. The average Bonchev–Trinajstić information content (AvgIpc) is 3.76. The number of halogens is 2. The highest BCUT2D eigenvalue weighted by molar-refractivity contribution is 6.31. The highest BCUT2D eigenvalue weighted by atomic mass is 35.5. The number of hydrogen-bond donors (Lipinski definition) is 0. The molecule has 8 aromatic rings. The first kappa shape index (κ1) is 33.5. The predicted molar refractivity (Wildman–Crippen MR) is 206 cm³/mol. The second-order valence-corrected chi connectivity index (χ2v) is 15.9. The molecule has 0 bridgehead atoms. The SMILES string of the molecule is CCn1cc2c(n1)-c1cc(Cl)ccc1-n1c[n+](CCn3cc4c(n3)-c3cc(Cl)ccc3-n3cnc(-c5noc(C(C)C)n5)c3C4)c(-c3noc(C4CC4)n3)c1C2. The van der Waals surface area contributed by atoms with Crippen LogP contribution in [0.3, 0.4) is 0 Å². The number of rotatable bonds is 8. The zero-order valence-corrected chi connectivity index (χ0v) is 32.3. The Labute approximate surface area is 330 Å². The zero-order valence-electron chi connectivity index (χ0n) is 30.8. The summed E-state index contributed by atoms with van der Waals surface area (Å²) in [6.45, 7) is 8.06. The molecular formula is C40H35Cl2N12O2+. The number of fused-ring (bicyclic) bond motifs is 10. The van der Waals surface area contributed by atoms with Crippen molar-refractivity contribution < 1.29 is 13.6 Å². The fourth-order valence-electron chi connectivity index (χ4n) is 7.98. The van der Waals surface area contributed by atoms with E-state index in [1.807, 2.05) is 59.9 Å². The minimum absolute atomic E-state index is 0.102. The van der Waals surface area contributed by atoms with E-state index in [1.54, 1.807) is 0 Å². The van der Waals surface area contributed by atoms with Gasteiger partial charge in [-0.25, -0.2) is 9.55 Å². The smallest absolute Gasteiger partial charge is 0.249 e. The van der Waals surface area contributed by atoms with Gasteiger partial charge in [0.05, 0.1) is 29.2 Å². The summed E-state index contributed by atoms with van der Waals surface area (Å²) in [4.78, 5) is 14.4. The summed E-state index contributed by atoms with van der Waals surface area (Å²) >= 11 is 13.2. The Morgan fingerprint density at radius 1 is 0.804 bits per heavy atom. The largest absolute Gasteiger partial charge is 0.339 e. The number of benzene rings is 2. The van der Waals surface area contributed by atoms with Crippen molar-refractivity contribution >= 4 is 23.2 Å². The first-order valence-electron chi connectivity index (χ1n) is 18.9. The van der Waals surface area contributed by atoms with E-state index >= 15 is 0 Å². The van der Waals surface area contributed by atoms with Crippen LogP contribution in [0.1, 0.15) is 79.7 Å². The van der Waals surface area contributed by atoms with Crippen LogP contribution in [0, 0.1) is 0 Å². The minimum Gasteiger partial charge on any atom is -0.339 e. The van der Waals surface area contributed by atoms with E-state index in [1.165, 1.54) is 0 Å². The minimum atomic E-state index is 0.102. The third-order valence-corrected chi connectivity index (χ3v) is 11.4. The highest BCUT2D eigenvalue weighted by Gasteiger charge is 2.37. The van der Waals surface area contributed by atoms with Crippen LogP contribution < -0.4 is 4.57 Å². The number of nitrogens with zero attached hydrogens (tertiary/aromatic N) is 12. The van der Waals surface area contributed by atoms with Crippen LogP contribution >= 0.6 is 23.2 Å². The maximum absolute atomic E-state index is 6.62. The fourth-order valence-corrected chi connectivity index (χ4v) is 8.33. The van der Waals surface area contributed by atoms with Crippen molar-refractivity contribution in [2.75, 3.05) is 0 Å². The predicted octanol–water partition coefficient (Wildman–Crippen LogP) is 7.61. The van der Waals surface area contributed by atoms with Crippen LogP contribution in [-0.2, 0) is 32.5 Å². The Kier molecular flexibility index (Phi) is 7.52. The molecule has 0 radical (unpaired) electrons. The molecule has 280 valence electrons. The lowest BCUT2D eigenvalue weighted by molar-refractivity contribution is -0.687. The van der Waals surface area contributed by atoms with Crippen LogP contribution in [0.5, 0.6) is 0 Å². The van der Waals surface area contributed by atoms with Crippen LogP contribution in [0.15, 0.2) is 70.5 Å². The van der Waals surface area contributed by atoms with Gasteiger partial charge in [-0.05, 0) is 56.2 Å². The maximum atomic E-state index is 6.62. The second kappa shape index (κ2) is 12.6. The van der Waals surface area contributed by atoms with Crippen molar-refractivity contribution in [1.29, 1.82) is 0 Å². The van der Waals surface area contributed by atoms with Crippen LogP contribution in [0.2, 0.25) is 10.0 Å². The van der Waals surface area contributed by atoms with E-state index in [0.29, 0.717) is 71.0 Å². The Morgan fingerprint density at radius 3 is 2.18 bits per heavy atom. The molecule has 11 rings (SSSR count). The molecule has 16 heteroatoms. The van der Waals surface area contributed by atoms with Crippen molar-refractivity contribution in [1.82, 2.24) is 54.0 Å². The molecule has 0 saturated heterocycles. The Hall–Kier alpha value is -5.86. The topological polar surface area (TPSA) is 140 Å². The molecule has 3 aliphatic rings. The molecule has 8 heterocycles. The third-order valence-electron chi connectivity index (χ3n) is 10.9. The average molecular weight is 787 g/mol. The summed E-state index contributed by atoms with van der Waals surface area (Å²) in [5, 5.41) is 20.3. The first-order chi connectivity index (χ1) is 27.3. The monoisotopic (exact) mass is 785 g/mol. The number of aromatic nitrogens is 12. The Balaban J connectivity index is 1.00. The van der Waals surface area contributed by atoms with Gasteiger partial charge >= 0.3 is 0 Å². The highest BCUT2D eigenvalue weighted by Crippen LogP contribution is 2.42. The molecule has 2 aromatic carbocycles. The van der Waals surface area contributed by atoms with Crippen molar-refractivity contribution in [2.45, 2.75) is 77.9 Å². The van der Waals surface area contributed by atoms with Crippen LogP contribution in [-0.4, -0.2) is 54.0 Å². The second-order valence-electron chi connectivity index (χ2n) is 15.0. The van der Waals surface area contributed by atoms with Gasteiger partial charge in [-0.3, -0.25) is 9.36 Å². The summed E-state index contributed by atoms with van der Waals surface area (Å²) < 4.78 is 21.9. The van der Waals surface area contributed by atoms with Crippen molar-refractivity contribution in [2.24, 2.45) is 0 Å². The van der Waals surface area contributed by atoms with Crippen molar-refractivity contribution in [3.8, 4) is 56.9 Å². The first-order valence-corrected chi connectivity index (χ1v) is 19.7. The lowest BCUT2D eigenvalue weighted by Gasteiger charge is -2.10. The molecule has 6 aromatic heterocycles. The van der Waals surface area contributed by atoms with Gasteiger partial charge in [0.1, 0.15) is 29.9 Å². The molecule has 0 spiro atoms. The lowest BCUT2D eigenvalue weighted by atomic mass is 10.0. The third kappa shape index (κ3) is 5.37. The molecule has 1 saturated carbocycles. The van der Waals surface area contributed by atoms with E-state index in [9.17, 15) is 0 Å². The van der Waals surface area contributed by atoms with E-state index in [4.69, 9.17) is 52.4 Å². The lowest BCUT2D eigenvalue weighted by Crippen LogP contribution is -2.37. The van der Waals surface area contributed by atoms with Gasteiger partial charge in [0.2, 0.25) is 35.5 Å². The van der Waals surface area contributed by atoms with Crippen LogP contribution in [0.25, 0.3) is 56.9 Å². The molecule has 2 aliphatic heterocycles. The van der Waals surface area contributed by atoms with Gasteiger partial charge in [-0.2, -0.15) is 24.7 Å². The summed E-state index contributed by atoms with van der Waals surface area (Å²) in [6.07, 6.45) is 11.5. The zero-order chi connectivity index (χ0) is 37.8. The molecular weight excluding hydrogens is 751 g/mol. The molecule has 14 nitrogen and oxygen atoms in total. The van der Waals surface area contributed by atoms with E-state index in [0.717, 1.165) is 81.5 Å². The fraction of sp³-hybridized carbons (Fsp3) is 0.300. The van der Waals surface area contributed by atoms with E-state index < -0.39 is 0 Å². The van der Waals surface area contributed by atoms with Crippen LogP contribution in [0.4, 0.5) is 0 Å². The van der Waals surface area contributed by atoms with Gasteiger partial charge < -0.3 is 13.6 Å². The molecule has 0 N–H and O–H groups in total. The molecule has 56 heavy (non-hydrogen) atoms. The quantitative estimate of drug-likeness (QED) is 0.142. The van der Waals surface area contributed by atoms with Gasteiger partial charge in [-0.15, -0.1) is 0 Å². The molecule has 1 fully saturated rings. The molecule has 0 amide bonds. The summed E-state index contributed by atoms with van der Waals surface area (Å²) in [5.41, 5.74) is 11.3. The van der Waals surface area contributed by atoms with Gasteiger partial charge in [0, 0.05) is 70.4 Å². The standard InChI is InChI=1S/C40H35Cl2N12O2/c1-4-51-17-24-14-32-36(38-45-40(56-49-38)22-5-6-22)50(20-54(32)30-10-8-26(42)16-28(30)33(24)46-51)11-12-52-18-23-13-31-35(37-44-39(21(2)3)55-48-37)43-19-53(31)29-9-7-25(41)15-27(29)34(23)47-52/h7-10,15-22H,4-6,11-14H2,1-3H3/q+1. The summed E-state index contributed by atoms with van der Waals surface area (Å²) in [7, 11) is 0. The number of aryl methyl sites for hydroxylation is 3. The summed E-state index contributed by atoms with van der Waals surface area (Å²) in [5.74, 6) is 2.74. The number of hydrogen-bond acceptors (Lipinski definition) is 9. The van der Waals surface area contributed by atoms with E-state index in [2.05, 4.69) is 60.7 Å². The van der Waals surface area contributed by atoms with Gasteiger partial charge in [0.25, 0.3) is 0 Å². The van der Waals surface area contributed by atoms with E-state index in [-0.39, 0.29) is 5.92 Å². The number of imidazole rings is 2. The Bertz CT molecular complexity index is 2850. The molecule has 0 unspecified atom stereocenters. The summed E-state index contributed by atoms with van der Waals surface area (Å²) in [6, 6.07) is 11.9. The molecule has 0 atom stereocenters. The maximum Gasteiger partial charge on any atom is 0.249 e. The van der Waals surface area contributed by atoms with Gasteiger partial charge in [-0.1, -0.05) is 47.4 Å². The van der Waals surface area contributed by atoms with Crippen molar-refractivity contribution in [3.63, 3.8) is 0 Å². The van der Waals surface area contributed by atoms with Crippen molar-refractivity contribution in [3.05, 3.63) is 106 Å².